The van der Waals surface area contributed by atoms with Gasteiger partial charge in [-0.3, -0.25) is 0 Å². The Kier molecular flexibility index (Phi) is 4.96. The average Bonchev–Trinajstić information content (AvgIpc) is 3.64. The molecule has 1 aliphatic carbocycles. The molecule has 45 heavy (non-hydrogen) atoms. The lowest BCUT2D eigenvalue weighted by atomic mass is 9.98. The van der Waals surface area contributed by atoms with Crippen molar-refractivity contribution in [1.82, 2.24) is 15.0 Å². The van der Waals surface area contributed by atoms with E-state index < -0.39 is 0 Å². The van der Waals surface area contributed by atoms with Crippen LogP contribution in [0, 0.1) is 0 Å². The molecule has 0 spiro atoms. The van der Waals surface area contributed by atoms with Gasteiger partial charge in [0, 0.05) is 27.5 Å². The first-order valence-corrected chi connectivity index (χ1v) is 15.1. The summed E-state index contributed by atoms with van der Waals surface area (Å²) in [6.07, 6.45) is 0. The number of rotatable bonds is 3. The van der Waals surface area contributed by atoms with Crippen LogP contribution in [0.25, 0.3) is 99.9 Å². The zero-order valence-corrected chi connectivity index (χ0v) is 24.0. The molecular weight excluding hydrogens is 550 g/mol. The quantitative estimate of drug-likeness (QED) is 0.211. The van der Waals surface area contributed by atoms with Crippen molar-refractivity contribution in [3.63, 3.8) is 0 Å². The summed E-state index contributed by atoms with van der Waals surface area (Å²) >= 11 is 0. The lowest BCUT2D eigenvalue weighted by Crippen LogP contribution is -2.00. The normalized spacial score (nSPS) is 12.0. The monoisotopic (exact) mass is 573 g/mol. The number of benzene rings is 7. The van der Waals surface area contributed by atoms with Crippen LogP contribution in [0.1, 0.15) is 0 Å². The van der Waals surface area contributed by atoms with Crippen molar-refractivity contribution in [2.45, 2.75) is 0 Å². The Morgan fingerprint density at radius 2 is 1.00 bits per heavy atom. The Hall–Kier alpha value is -6.13. The number of aromatic nitrogens is 3. The summed E-state index contributed by atoms with van der Waals surface area (Å²) in [7, 11) is 0. The van der Waals surface area contributed by atoms with Crippen molar-refractivity contribution < 1.29 is 4.42 Å². The highest BCUT2D eigenvalue weighted by Gasteiger charge is 2.24. The molecule has 0 saturated heterocycles. The molecule has 2 aromatic heterocycles. The maximum atomic E-state index is 6.61. The van der Waals surface area contributed by atoms with Gasteiger partial charge in [-0.25, -0.2) is 15.0 Å². The van der Waals surface area contributed by atoms with E-state index in [1.165, 1.54) is 38.4 Å². The Morgan fingerprint density at radius 3 is 1.82 bits per heavy atom. The van der Waals surface area contributed by atoms with Crippen LogP contribution in [0.15, 0.2) is 144 Å². The zero-order valence-electron chi connectivity index (χ0n) is 24.0. The molecule has 0 fully saturated rings. The first kappa shape index (κ1) is 24.3. The van der Waals surface area contributed by atoms with Gasteiger partial charge in [-0.15, -0.1) is 0 Å². The van der Waals surface area contributed by atoms with Crippen LogP contribution in [0.2, 0.25) is 0 Å². The van der Waals surface area contributed by atoms with Crippen molar-refractivity contribution in [3.05, 3.63) is 140 Å². The van der Waals surface area contributed by atoms with Gasteiger partial charge >= 0.3 is 0 Å². The van der Waals surface area contributed by atoms with Gasteiger partial charge < -0.3 is 4.42 Å². The highest BCUT2D eigenvalue weighted by Crippen LogP contribution is 2.50. The molecule has 7 aromatic carbocycles. The van der Waals surface area contributed by atoms with E-state index in [0.29, 0.717) is 17.5 Å². The van der Waals surface area contributed by atoms with E-state index in [4.69, 9.17) is 19.4 Å². The highest BCUT2D eigenvalue weighted by atomic mass is 16.3. The van der Waals surface area contributed by atoms with Crippen molar-refractivity contribution in [2.75, 3.05) is 0 Å². The van der Waals surface area contributed by atoms with Gasteiger partial charge in [-0.05, 0) is 68.1 Å². The number of nitrogens with zero attached hydrogens (tertiary/aromatic N) is 3. The predicted molar refractivity (Wildman–Crippen MR) is 183 cm³/mol. The van der Waals surface area contributed by atoms with Crippen LogP contribution in [0.5, 0.6) is 0 Å². The molecule has 4 heteroatoms. The molecule has 2 heterocycles. The minimum Gasteiger partial charge on any atom is -0.456 e. The largest absolute Gasteiger partial charge is 0.456 e. The predicted octanol–water partition coefficient (Wildman–Crippen LogP) is 10.7. The minimum absolute atomic E-state index is 0.609. The number of furan rings is 1. The third-order valence-corrected chi connectivity index (χ3v) is 9.04. The summed E-state index contributed by atoms with van der Waals surface area (Å²) in [6, 6.07) is 48.5. The first-order valence-electron chi connectivity index (χ1n) is 15.1. The van der Waals surface area contributed by atoms with Gasteiger partial charge in [0.25, 0.3) is 0 Å². The topological polar surface area (TPSA) is 51.8 Å². The van der Waals surface area contributed by atoms with Gasteiger partial charge in [0.15, 0.2) is 17.5 Å². The minimum atomic E-state index is 0.609. The Bertz CT molecular complexity index is 2650. The standard InChI is InChI=1S/C41H23N3O/c1-2-10-25(11-3-1)39-42-40(27-18-17-24-9-4-5-12-26(24)21-27)44-41(43-39)28-19-20-32-35(22-28)45-36-23-34-30-14-7-6-13-29(30)31-15-8-16-33(37(31)34)38(32)36/h1-23H. The summed E-state index contributed by atoms with van der Waals surface area (Å²) in [4.78, 5) is 14.9. The molecular formula is C41H23N3O. The Labute approximate surface area is 258 Å². The van der Waals surface area contributed by atoms with Crippen molar-refractivity contribution in [2.24, 2.45) is 0 Å². The molecule has 0 amide bonds. The van der Waals surface area contributed by atoms with Gasteiger partial charge in [-0.1, -0.05) is 115 Å². The summed E-state index contributed by atoms with van der Waals surface area (Å²) < 4.78 is 6.61. The molecule has 1 aliphatic rings. The molecule has 0 N–H and O–H groups in total. The number of hydrogen-bond donors (Lipinski definition) is 0. The van der Waals surface area contributed by atoms with Crippen molar-refractivity contribution >= 4 is 43.5 Å². The van der Waals surface area contributed by atoms with E-state index in [0.717, 1.165) is 44.0 Å². The van der Waals surface area contributed by atoms with E-state index in [1.54, 1.807) is 0 Å². The molecule has 0 saturated carbocycles. The molecule has 0 aliphatic heterocycles. The van der Waals surface area contributed by atoms with Crippen LogP contribution < -0.4 is 0 Å². The first-order chi connectivity index (χ1) is 22.3. The highest BCUT2D eigenvalue weighted by molar-refractivity contribution is 6.28. The zero-order chi connectivity index (χ0) is 29.5. The van der Waals surface area contributed by atoms with Crippen molar-refractivity contribution in [1.29, 1.82) is 0 Å². The summed E-state index contributed by atoms with van der Waals surface area (Å²) in [6.45, 7) is 0. The van der Waals surface area contributed by atoms with E-state index in [2.05, 4.69) is 109 Å². The fourth-order valence-corrected chi connectivity index (χ4v) is 6.96. The Balaban J connectivity index is 1.18. The molecule has 0 radical (unpaired) electrons. The summed E-state index contributed by atoms with van der Waals surface area (Å²) in [5, 5.41) is 7.06. The average molecular weight is 574 g/mol. The van der Waals surface area contributed by atoms with E-state index in [-0.39, 0.29) is 0 Å². The van der Waals surface area contributed by atoms with Gasteiger partial charge in [-0.2, -0.15) is 0 Å². The number of fused-ring (bicyclic) bond motifs is 8. The third-order valence-electron chi connectivity index (χ3n) is 9.04. The maximum absolute atomic E-state index is 6.61. The molecule has 10 rings (SSSR count). The maximum Gasteiger partial charge on any atom is 0.164 e. The molecule has 4 nitrogen and oxygen atoms in total. The van der Waals surface area contributed by atoms with Crippen molar-refractivity contribution in [3.8, 4) is 56.4 Å². The van der Waals surface area contributed by atoms with Crippen LogP contribution >= 0.6 is 0 Å². The summed E-state index contributed by atoms with van der Waals surface area (Å²) in [5.74, 6) is 1.88. The lowest BCUT2D eigenvalue weighted by molar-refractivity contribution is 0.669. The van der Waals surface area contributed by atoms with Gasteiger partial charge in [0.05, 0.1) is 0 Å². The fraction of sp³-hybridized carbons (Fsp3) is 0. The molecule has 9 aromatic rings. The molecule has 0 unspecified atom stereocenters. The van der Waals surface area contributed by atoms with Crippen LogP contribution in [0.4, 0.5) is 0 Å². The van der Waals surface area contributed by atoms with Crippen LogP contribution in [0.3, 0.4) is 0 Å². The third kappa shape index (κ3) is 3.63. The van der Waals surface area contributed by atoms with E-state index in [1.807, 2.05) is 30.3 Å². The molecule has 208 valence electrons. The lowest BCUT2D eigenvalue weighted by Gasteiger charge is -2.09. The van der Waals surface area contributed by atoms with Gasteiger partial charge in [0.2, 0.25) is 0 Å². The second-order valence-corrected chi connectivity index (χ2v) is 11.6. The second kappa shape index (κ2) is 9.18. The fourth-order valence-electron chi connectivity index (χ4n) is 6.96. The van der Waals surface area contributed by atoms with Gasteiger partial charge in [0.1, 0.15) is 11.2 Å². The SMILES string of the molecule is c1ccc(-c2nc(-c3ccc4ccccc4c3)nc(-c3ccc4c(c3)oc3cc5c6c(cccc6c34)-c3ccccc3-5)n2)cc1. The van der Waals surface area contributed by atoms with Crippen LogP contribution in [-0.4, -0.2) is 15.0 Å². The Morgan fingerprint density at radius 1 is 0.356 bits per heavy atom. The summed E-state index contributed by atoms with van der Waals surface area (Å²) in [5.41, 5.74) is 9.52. The van der Waals surface area contributed by atoms with E-state index in [9.17, 15) is 0 Å². The molecule has 0 bridgehead atoms. The smallest absolute Gasteiger partial charge is 0.164 e. The molecule has 0 atom stereocenters. The second-order valence-electron chi connectivity index (χ2n) is 11.6. The van der Waals surface area contributed by atoms with Crippen LogP contribution in [-0.2, 0) is 0 Å². The number of hydrogen-bond acceptors (Lipinski definition) is 4. The van der Waals surface area contributed by atoms with E-state index >= 15 is 0 Å².